The Bertz CT molecular complexity index is 762. The van der Waals surface area contributed by atoms with Gasteiger partial charge in [-0.2, -0.15) is 4.31 Å². The minimum Gasteiger partial charge on any atom is -0.495 e. The van der Waals surface area contributed by atoms with E-state index >= 15 is 0 Å². The van der Waals surface area contributed by atoms with Gasteiger partial charge in [0.2, 0.25) is 15.9 Å². The van der Waals surface area contributed by atoms with Crippen LogP contribution in [0.4, 0.5) is 4.39 Å². The lowest BCUT2D eigenvalue weighted by atomic mass is 9.98. The predicted octanol–water partition coefficient (Wildman–Crippen LogP) is 2.29. The van der Waals surface area contributed by atoms with Crippen molar-refractivity contribution in [2.24, 2.45) is 5.92 Å². The summed E-state index contributed by atoms with van der Waals surface area (Å²) in [7, 11) is -2.59. The van der Waals surface area contributed by atoms with Gasteiger partial charge in [0.1, 0.15) is 16.5 Å². The van der Waals surface area contributed by atoms with Crippen molar-refractivity contribution in [3.8, 4) is 5.75 Å². The molecule has 1 heterocycles. The average Bonchev–Trinajstić information content (AvgIpc) is 3.14. The number of carbonyl (C=O) groups is 1. The molecule has 1 aliphatic heterocycles. The number of ether oxygens (including phenoxy) is 1. The molecule has 144 valence electrons. The van der Waals surface area contributed by atoms with Gasteiger partial charge >= 0.3 is 0 Å². The zero-order valence-electron chi connectivity index (χ0n) is 14.9. The van der Waals surface area contributed by atoms with Crippen molar-refractivity contribution >= 4 is 15.9 Å². The molecule has 1 saturated carbocycles. The standard InChI is InChI=1S/C18H25FN2O4S/c1-25-16-9-8-14(19)11-17(16)26(23,24)21-10-4-5-13(12-21)18(22)20-15-6-2-3-7-15/h8-9,11,13,15H,2-7,10,12H2,1H3,(H,20,22)/t13-/m1/s1. The fourth-order valence-electron chi connectivity index (χ4n) is 3.76. The van der Waals surface area contributed by atoms with Crippen LogP contribution in [-0.2, 0) is 14.8 Å². The smallest absolute Gasteiger partial charge is 0.246 e. The summed E-state index contributed by atoms with van der Waals surface area (Å²) in [6.07, 6.45) is 5.47. The second-order valence-electron chi connectivity index (χ2n) is 6.99. The van der Waals surface area contributed by atoms with Gasteiger partial charge in [-0.15, -0.1) is 0 Å². The summed E-state index contributed by atoms with van der Waals surface area (Å²) >= 11 is 0. The van der Waals surface area contributed by atoms with Crippen molar-refractivity contribution in [2.45, 2.75) is 49.5 Å². The van der Waals surface area contributed by atoms with E-state index in [1.54, 1.807) is 0 Å². The molecular formula is C18H25FN2O4S. The van der Waals surface area contributed by atoms with Gasteiger partial charge < -0.3 is 10.1 Å². The van der Waals surface area contributed by atoms with Gasteiger partial charge in [-0.05, 0) is 43.9 Å². The molecule has 1 aromatic rings. The lowest BCUT2D eigenvalue weighted by Crippen LogP contribution is -2.47. The maximum absolute atomic E-state index is 13.6. The highest BCUT2D eigenvalue weighted by molar-refractivity contribution is 7.89. The molecule has 0 unspecified atom stereocenters. The molecule has 1 aliphatic carbocycles. The summed E-state index contributed by atoms with van der Waals surface area (Å²) in [4.78, 5) is 12.3. The van der Waals surface area contributed by atoms with Crippen LogP contribution < -0.4 is 10.1 Å². The molecule has 1 amide bonds. The van der Waals surface area contributed by atoms with E-state index in [-0.39, 0.29) is 35.1 Å². The van der Waals surface area contributed by atoms with Crippen LogP contribution in [-0.4, -0.2) is 44.9 Å². The number of sulfonamides is 1. The fourth-order valence-corrected chi connectivity index (χ4v) is 5.45. The number of carbonyl (C=O) groups excluding carboxylic acids is 1. The molecule has 1 saturated heterocycles. The van der Waals surface area contributed by atoms with Gasteiger partial charge in [-0.3, -0.25) is 4.79 Å². The Morgan fingerprint density at radius 3 is 2.65 bits per heavy atom. The van der Waals surface area contributed by atoms with Gasteiger partial charge in [0.25, 0.3) is 0 Å². The van der Waals surface area contributed by atoms with Gasteiger partial charge in [0.15, 0.2) is 0 Å². The van der Waals surface area contributed by atoms with Crippen molar-refractivity contribution < 1.29 is 22.3 Å². The van der Waals surface area contributed by atoms with Crippen molar-refractivity contribution in [1.29, 1.82) is 0 Å². The highest BCUT2D eigenvalue weighted by atomic mass is 32.2. The zero-order chi connectivity index (χ0) is 18.7. The molecule has 0 radical (unpaired) electrons. The first-order valence-corrected chi connectivity index (χ1v) is 10.5. The number of amides is 1. The summed E-state index contributed by atoms with van der Waals surface area (Å²) < 4.78 is 45.9. The average molecular weight is 384 g/mol. The van der Waals surface area contributed by atoms with E-state index < -0.39 is 15.8 Å². The van der Waals surface area contributed by atoms with Gasteiger partial charge in [0.05, 0.1) is 13.0 Å². The Kier molecular flexibility index (Phi) is 5.82. The molecule has 8 heteroatoms. The Morgan fingerprint density at radius 1 is 1.23 bits per heavy atom. The first kappa shape index (κ1) is 19.1. The number of nitrogens with one attached hydrogen (secondary N) is 1. The highest BCUT2D eigenvalue weighted by Crippen LogP contribution is 2.30. The highest BCUT2D eigenvalue weighted by Gasteiger charge is 2.35. The summed E-state index contributed by atoms with van der Waals surface area (Å²) in [5.74, 6) is -0.998. The summed E-state index contributed by atoms with van der Waals surface area (Å²) in [5, 5.41) is 3.05. The Labute approximate surface area is 153 Å². The van der Waals surface area contributed by atoms with Crippen LogP contribution in [0.15, 0.2) is 23.1 Å². The van der Waals surface area contributed by atoms with Crippen LogP contribution in [0.5, 0.6) is 5.75 Å². The van der Waals surface area contributed by atoms with Crippen LogP contribution in [0.25, 0.3) is 0 Å². The van der Waals surface area contributed by atoms with E-state index in [0.717, 1.165) is 37.8 Å². The van der Waals surface area contributed by atoms with Crippen molar-refractivity contribution in [1.82, 2.24) is 9.62 Å². The monoisotopic (exact) mass is 384 g/mol. The first-order chi connectivity index (χ1) is 12.4. The number of benzene rings is 1. The molecule has 6 nitrogen and oxygen atoms in total. The number of rotatable bonds is 5. The van der Waals surface area contributed by atoms with E-state index in [1.807, 2.05) is 0 Å². The SMILES string of the molecule is COc1ccc(F)cc1S(=O)(=O)N1CCC[C@@H](C(=O)NC2CCCC2)C1. The van der Waals surface area contributed by atoms with E-state index in [4.69, 9.17) is 4.74 Å². The summed E-state index contributed by atoms with van der Waals surface area (Å²) in [6.45, 7) is 0.426. The number of methoxy groups -OCH3 is 1. The molecule has 0 aromatic heterocycles. The van der Waals surface area contributed by atoms with Crippen LogP contribution in [0.3, 0.4) is 0 Å². The molecule has 26 heavy (non-hydrogen) atoms. The minimum atomic E-state index is -3.93. The van der Waals surface area contributed by atoms with Crippen molar-refractivity contribution in [2.75, 3.05) is 20.2 Å². The molecule has 1 N–H and O–H groups in total. The van der Waals surface area contributed by atoms with Gasteiger partial charge in [0, 0.05) is 19.1 Å². The van der Waals surface area contributed by atoms with Crippen molar-refractivity contribution in [3.63, 3.8) is 0 Å². The maximum Gasteiger partial charge on any atom is 0.246 e. The van der Waals surface area contributed by atoms with E-state index in [2.05, 4.69) is 5.32 Å². The second kappa shape index (κ2) is 7.92. The molecule has 0 bridgehead atoms. The van der Waals surface area contributed by atoms with Gasteiger partial charge in [-0.25, -0.2) is 12.8 Å². The lowest BCUT2D eigenvalue weighted by molar-refractivity contribution is -0.126. The lowest BCUT2D eigenvalue weighted by Gasteiger charge is -2.32. The third-order valence-electron chi connectivity index (χ3n) is 5.20. The molecule has 1 aromatic carbocycles. The van der Waals surface area contributed by atoms with Gasteiger partial charge in [-0.1, -0.05) is 12.8 Å². The van der Waals surface area contributed by atoms with Crippen LogP contribution in [0.1, 0.15) is 38.5 Å². The topological polar surface area (TPSA) is 75.7 Å². The number of hydrogen-bond donors (Lipinski definition) is 1. The van der Waals surface area contributed by atoms with Crippen LogP contribution >= 0.6 is 0 Å². The summed E-state index contributed by atoms with van der Waals surface area (Å²) in [6, 6.07) is 3.64. The van der Waals surface area contributed by atoms with E-state index in [0.29, 0.717) is 19.4 Å². The van der Waals surface area contributed by atoms with E-state index in [9.17, 15) is 17.6 Å². The molecule has 3 rings (SSSR count). The van der Waals surface area contributed by atoms with Crippen LogP contribution in [0, 0.1) is 11.7 Å². The number of halogens is 1. The molecule has 2 fully saturated rings. The Balaban J connectivity index is 1.76. The third kappa shape index (κ3) is 4.01. The molecule has 0 spiro atoms. The van der Waals surface area contributed by atoms with Crippen LogP contribution in [0.2, 0.25) is 0 Å². The van der Waals surface area contributed by atoms with Crippen molar-refractivity contribution in [3.05, 3.63) is 24.0 Å². The Morgan fingerprint density at radius 2 is 1.96 bits per heavy atom. The first-order valence-electron chi connectivity index (χ1n) is 9.06. The number of hydrogen-bond acceptors (Lipinski definition) is 4. The fraction of sp³-hybridized carbons (Fsp3) is 0.611. The number of nitrogens with zero attached hydrogens (tertiary/aromatic N) is 1. The molecule has 1 atom stereocenters. The zero-order valence-corrected chi connectivity index (χ0v) is 15.7. The molecular weight excluding hydrogens is 359 g/mol. The third-order valence-corrected chi connectivity index (χ3v) is 7.09. The quantitative estimate of drug-likeness (QED) is 0.845. The van der Waals surface area contributed by atoms with E-state index in [1.165, 1.54) is 17.5 Å². The summed E-state index contributed by atoms with van der Waals surface area (Å²) in [5.41, 5.74) is 0. The minimum absolute atomic E-state index is 0.0805. The Hall–Kier alpha value is -1.67. The normalized spacial score (nSPS) is 22.3. The predicted molar refractivity (Wildman–Crippen MR) is 94.8 cm³/mol. The number of piperidine rings is 1. The second-order valence-corrected chi connectivity index (χ2v) is 8.89. The molecule has 2 aliphatic rings. The largest absolute Gasteiger partial charge is 0.495 e. The maximum atomic E-state index is 13.6.